The van der Waals surface area contributed by atoms with Crippen LogP contribution in [0.2, 0.25) is 0 Å². The summed E-state index contributed by atoms with van der Waals surface area (Å²) in [5, 5.41) is 2.88. The van der Waals surface area contributed by atoms with Crippen molar-refractivity contribution in [3.63, 3.8) is 0 Å². The number of anilines is 1. The van der Waals surface area contributed by atoms with Gasteiger partial charge in [0.1, 0.15) is 5.75 Å². The number of hydrogen-bond donors (Lipinski definition) is 1. The molecule has 0 bridgehead atoms. The molecular formula is C21H23BrN2O4. The Kier molecular flexibility index (Phi) is 7.06. The molecule has 2 aromatic carbocycles. The Balaban J connectivity index is 1.56. The molecule has 28 heavy (non-hydrogen) atoms. The summed E-state index contributed by atoms with van der Waals surface area (Å²) in [6, 6.07) is 12.8. The number of benzene rings is 2. The molecule has 1 aliphatic heterocycles. The van der Waals surface area contributed by atoms with Crippen LogP contribution in [0.1, 0.15) is 22.3 Å². The number of nitrogens with zero attached hydrogens (tertiary/aromatic N) is 1. The minimum absolute atomic E-state index is 0.0394. The van der Waals surface area contributed by atoms with Crippen LogP contribution in [0.5, 0.6) is 5.75 Å². The number of methoxy groups -OCH3 is 1. The van der Waals surface area contributed by atoms with Crippen LogP contribution in [-0.4, -0.2) is 50.1 Å². The molecule has 1 heterocycles. The average Bonchev–Trinajstić information content (AvgIpc) is 2.72. The van der Waals surface area contributed by atoms with E-state index in [1.54, 1.807) is 36.3 Å². The number of hydrogen-bond acceptors (Lipinski definition) is 4. The van der Waals surface area contributed by atoms with E-state index in [4.69, 9.17) is 9.47 Å². The van der Waals surface area contributed by atoms with Gasteiger partial charge in [-0.1, -0.05) is 12.1 Å². The standard InChI is InChI=1S/C21H23BrN2O4/c1-27-19-7-5-15(13-18(19)22)6-8-20(25)23-17-4-2-3-16(14-17)21(26)24-9-11-28-12-10-24/h2-5,7,13-14H,6,8-12H2,1H3,(H,23,25). The summed E-state index contributed by atoms with van der Waals surface area (Å²) in [5.74, 6) is 0.625. The summed E-state index contributed by atoms with van der Waals surface area (Å²) in [7, 11) is 1.62. The van der Waals surface area contributed by atoms with Crippen LogP contribution in [0, 0.1) is 0 Å². The first kappa shape index (κ1) is 20.4. The van der Waals surface area contributed by atoms with E-state index in [1.807, 2.05) is 18.2 Å². The van der Waals surface area contributed by atoms with Crippen LogP contribution in [0.25, 0.3) is 0 Å². The van der Waals surface area contributed by atoms with Crippen molar-refractivity contribution in [2.75, 3.05) is 38.7 Å². The highest BCUT2D eigenvalue weighted by molar-refractivity contribution is 9.10. The Labute approximate surface area is 172 Å². The number of carbonyl (C=O) groups is 2. The van der Waals surface area contributed by atoms with Gasteiger partial charge >= 0.3 is 0 Å². The summed E-state index contributed by atoms with van der Waals surface area (Å²) < 4.78 is 11.4. The van der Waals surface area contributed by atoms with E-state index >= 15 is 0 Å². The van der Waals surface area contributed by atoms with Gasteiger partial charge in [-0.15, -0.1) is 0 Å². The molecule has 7 heteroatoms. The molecule has 1 fully saturated rings. The van der Waals surface area contributed by atoms with Gasteiger partial charge in [0.25, 0.3) is 5.91 Å². The fraction of sp³-hybridized carbons (Fsp3) is 0.333. The number of amides is 2. The highest BCUT2D eigenvalue weighted by Gasteiger charge is 2.18. The third kappa shape index (κ3) is 5.33. The summed E-state index contributed by atoms with van der Waals surface area (Å²) in [4.78, 5) is 26.7. The maximum absolute atomic E-state index is 12.6. The second-order valence-corrected chi connectivity index (χ2v) is 7.36. The van der Waals surface area contributed by atoms with Gasteiger partial charge < -0.3 is 19.7 Å². The lowest BCUT2D eigenvalue weighted by Crippen LogP contribution is -2.40. The number of aryl methyl sites for hydroxylation is 1. The van der Waals surface area contributed by atoms with Gasteiger partial charge in [0.15, 0.2) is 0 Å². The molecule has 3 rings (SSSR count). The number of carbonyl (C=O) groups excluding carboxylic acids is 2. The van der Waals surface area contributed by atoms with Gasteiger partial charge in [-0.25, -0.2) is 0 Å². The molecular weight excluding hydrogens is 424 g/mol. The number of halogens is 1. The van der Waals surface area contributed by atoms with Gasteiger partial charge in [-0.05, 0) is 58.2 Å². The molecule has 0 aliphatic carbocycles. The van der Waals surface area contributed by atoms with Crippen molar-refractivity contribution >= 4 is 33.4 Å². The summed E-state index contributed by atoms with van der Waals surface area (Å²) in [6.07, 6.45) is 0.960. The van der Waals surface area contributed by atoms with Crippen LogP contribution in [-0.2, 0) is 16.0 Å². The highest BCUT2D eigenvalue weighted by atomic mass is 79.9. The Bertz CT molecular complexity index is 850. The molecule has 0 radical (unpaired) electrons. The predicted molar refractivity (Wildman–Crippen MR) is 111 cm³/mol. The van der Waals surface area contributed by atoms with Gasteiger partial charge in [-0.2, -0.15) is 0 Å². The van der Waals surface area contributed by atoms with Crippen LogP contribution < -0.4 is 10.1 Å². The first-order valence-corrected chi connectivity index (χ1v) is 9.95. The average molecular weight is 447 g/mol. The van der Waals surface area contributed by atoms with Gasteiger partial charge in [0.2, 0.25) is 5.91 Å². The molecule has 0 unspecified atom stereocenters. The van der Waals surface area contributed by atoms with E-state index in [2.05, 4.69) is 21.2 Å². The Morgan fingerprint density at radius 2 is 1.96 bits per heavy atom. The summed E-state index contributed by atoms with van der Waals surface area (Å²) >= 11 is 3.45. The third-order valence-corrected chi connectivity index (χ3v) is 5.17. The third-order valence-electron chi connectivity index (χ3n) is 4.55. The van der Waals surface area contributed by atoms with Gasteiger partial charge in [0.05, 0.1) is 24.8 Å². The van der Waals surface area contributed by atoms with Crippen molar-refractivity contribution in [2.45, 2.75) is 12.8 Å². The largest absolute Gasteiger partial charge is 0.496 e. The molecule has 1 saturated heterocycles. The lowest BCUT2D eigenvalue weighted by molar-refractivity contribution is -0.116. The van der Waals surface area contributed by atoms with Crippen LogP contribution in [0.4, 0.5) is 5.69 Å². The number of ether oxygens (including phenoxy) is 2. The Hall–Kier alpha value is -2.38. The molecule has 0 atom stereocenters. The quantitative estimate of drug-likeness (QED) is 0.736. The number of morpholine rings is 1. The molecule has 6 nitrogen and oxygen atoms in total. The molecule has 1 N–H and O–H groups in total. The minimum atomic E-state index is -0.0945. The van der Waals surface area contributed by atoms with E-state index in [0.717, 1.165) is 15.8 Å². The SMILES string of the molecule is COc1ccc(CCC(=O)Nc2cccc(C(=O)N3CCOCC3)c2)cc1Br. The van der Waals surface area contributed by atoms with E-state index in [1.165, 1.54) is 0 Å². The van der Waals surface area contributed by atoms with Crippen molar-refractivity contribution in [1.29, 1.82) is 0 Å². The van der Waals surface area contributed by atoms with E-state index in [-0.39, 0.29) is 11.8 Å². The smallest absolute Gasteiger partial charge is 0.254 e. The molecule has 0 spiro atoms. The van der Waals surface area contributed by atoms with Crippen molar-refractivity contribution < 1.29 is 19.1 Å². The molecule has 2 amide bonds. The van der Waals surface area contributed by atoms with Crippen molar-refractivity contribution in [3.05, 3.63) is 58.1 Å². The van der Waals surface area contributed by atoms with E-state index in [9.17, 15) is 9.59 Å². The predicted octanol–water partition coefficient (Wildman–Crippen LogP) is 3.50. The van der Waals surface area contributed by atoms with Crippen LogP contribution in [0.3, 0.4) is 0 Å². The molecule has 0 saturated carbocycles. The maximum Gasteiger partial charge on any atom is 0.254 e. The van der Waals surface area contributed by atoms with Crippen LogP contribution in [0.15, 0.2) is 46.9 Å². The lowest BCUT2D eigenvalue weighted by Gasteiger charge is -2.27. The van der Waals surface area contributed by atoms with Crippen molar-refractivity contribution in [1.82, 2.24) is 4.90 Å². The normalized spacial score (nSPS) is 13.9. The zero-order valence-electron chi connectivity index (χ0n) is 15.7. The highest BCUT2D eigenvalue weighted by Crippen LogP contribution is 2.26. The Morgan fingerprint density at radius 1 is 1.18 bits per heavy atom. The maximum atomic E-state index is 12.6. The zero-order valence-corrected chi connectivity index (χ0v) is 17.3. The second-order valence-electron chi connectivity index (χ2n) is 6.50. The first-order chi connectivity index (χ1) is 13.6. The first-order valence-electron chi connectivity index (χ1n) is 9.16. The zero-order chi connectivity index (χ0) is 19.9. The molecule has 1 aliphatic rings. The molecule has 2 aromatic rings. The minimum Gasteiger partial charge on any atom is -0.496 e. The topological polar surface area (TPSA) is 67.9 Å². The van der Waals surface area contributed by atoms with E-state index in [0.29, 0.717) is 50.4 Å². The van der Waals surface area contributed by atoms with Gasteiger partial charge in [-0.3, -0.25) is 9.59 Å². The van der Waals surface area contributed by atoms with E-state index < -0.39 is 0 Å². The second kappa shape index (κ2) is 9.71. The summed E-state index contributed by atoms with van der Waals surface area (Å²) in [5.41, 5.74) is 2.23. The Morgan fingerprint density at radius 3 is 2.68 bits per heavy atom. The number of rotatable bonds is 6. The fourth-order valence-electron chi connectivity index (χ4n) is 3.03. The fourth-order valence-corrected chi connectivity index (χ4v) is 3.61. The molecule has 148 valence electrons. The number of nitrogens with one attached hydrogen (secondary N) is 1. The van der Waals surface area contributed by atoms with Gasteiger partial charge in [0, 0.05) is 30.8 Å². The summed E-state index contributed by atoms with van der Waals surface area (Å²) in [6.45, 7) is 2.30. The molecule has 0 aromatic heterocycles. The lowest BCUT2D eigenvalue weighted by atomic mass is 10.1. The van der Waals surface area contributed by atoms with Crippen molar-refractivity contribution in [2.24, 2.45) is 0 Å². The monoisotopic (exact) mass is 446 g/mol. The van der Waals surface area contributed by atoms with Crippen molar-refractivity contribution in [3.8, 4) is 5.75 Å². The van der Waals surface area contributed by atoms with Crippen LogP contribution >= 0.6 is 15.9 Å².